The molecular weight excluding hydrogens is 376 g/mol. The van der Waals surface area contributed by atoms with Crippen LogP contribution in [0.5, 0.6) is 0 Å². The van der Waals surface area contributed by atoms with Crippen LogP contribution in [0.1, 0.15) is 12.5 Å². The van der Waals surface area contributed by atoms with Crippen LogP contribution in [-0.2, 0) is 10.0 Å². The summed E-state index contributed by atoms with van der Waals surface area (Å²) in [5.41, 5.74) is 1.40. The Bertz CT molecular complexity index is 757. The number of rotatable bonds is 4. The van der Waals surface area contributed by atoms with E-state index in [1.165, 1.54) is 24.3 Å². The molecule has 0 saturated carbocycles. The summed E-state index contributed by atoms with van der Waals surface area (Å²) in [6.07, 6.45) is 0. The molecule has 0 amide bonds. The molecule has 0 saturated heterocycles. The van der Waals surface area contributed by atoms with Crippen molar-refractivity contribution in [3.8, 4) is 0 Å². The van der Waals surface area contributed by atoms with Gasteiger partial charge in [-0.1, -0.05) is 39.7 Å². The van der Waals surface area contributed by atoms with Crippen LogP contribution in [0.3, 0.4) is 0 Å². The third-order valence-corrected chi connectivity index (χ3v) is 4.72. The van der Waals surface area contributed by atoms with E-state index >= 15 is 0 Å². The monoisotopic (exact) mass is 386 g/mol. The van der Waals surface area contributed by atoms with Gasteiger partial charge in [0.1, 0.15) is 0 Å². The second-order valence-corrected chi connectivity index (χ2v) is 7.27. The van der Waals surface area contributed by atoms with Crippen molar-refractivity contribution in [2.24, 2.45) is 5.10 Å². The van der Waals surface area contributed by atoms with Crippen LogP contribution < -0.4 is 4.83 Å². The van der Waals surface area contributed by atoms with Crippen LogP contribution in [0, 0.1) is 0 Å². The number of nitrogens with one attached hydrogen (secondary N) is 1. The van der Waals surface area contributed by atoms with Crippen molar-refractivity contribution in [1.82, 2.24) is 4.83 Å². The second kappa shape index (κ2) is 6.60. The maximum Gasteiger partial charge on any atom is 0.276 e. The molecule has 0 bridgehead atoms. The molecule has 0 atom stereocenters. The summed E-state index contributed by atoms with van der Waals surface area (Å²) in [7, 11) is -3.69. The lowest BCUT2D eigenvalue weighted by atomic mass is 10.1. The van der Waals surface area contributed by atoms with E-state index in [2.05, 4.69) is 25.9 Å². The quantitative estimate of drug-likeness (QED) is 0.640. The summed E-state index contributed by atoms with van der Waals surface area (Å²) < 4.78 is 25.1. The summed E-state index contributed by atoms with van der Waals surface area (Å²) >= 11 is 9.07. The molecule has 21 heavy (non-hydrogen) atoms. The molecule has 4 nitrogen and oxygen atoms in total. The Morgan fingerprint density at radius 1 is 1.10 bits per heavy atom. The lowest BCUT2D eigenvalue weighted by molar-refractivity contribution is 0.584. The zero-order valence-corrected chi connectivity index (χ0v) is 14.2. The van der Waals surface area contributed by atoms with E-state index in [0.717, 1.165) is 10.0 Å². The van der Waals surface area contributed by atoms with Crippen molar-refractivity contribution in [3.05, 3.63) is 63.6 Å². The van der Waals surface area contributed by atoms with Gasteiger partial charge in [-0.05, 0) is 48.9 Å². The number of halogens is 2. The van der Waals surface area contributed by atoms with Crippen molar-refractivity contribution >= 4 is 43.3 Å². The fourth-order valence-electron chi connectivity index (χ4n) is 1.55. The van der Waals surface area contributed by atoms with Crippen molar-refractivity contribution in [1.29, 1.82) is 0 Å². The van der Waals surface area contributed by atoms with Crippen LogP contribution >= 0.6 is 27.5 Å². The normalized spacial score (nSPS) is 12.2. The third kappa shape index (κ3) is 4.30. The summed E-state index contributed by atoms with van der Waals surface area (Å²) in [6.45, 7) is 1.73. The highest BCUT2D eigenvalue weighted by Crippen LogP contribution is 2.14. The van der Waals surface area contributed by atoms with Crippen LogP contribution in [0.2, 0.25) is 5.02 Å². The van der Waals surface area contributed by atoms with Gasteiger partial charge in [-0.2, -0.15) is 18.4 Å². The van der Waals surface area contributed by atoms with Crippen molar-refractivity contribution in [2.75, 3.05) is 0 Å². The summed E-state index contributed by atoms with van der Waals surface area (Å²) in [5.74, 6) is 0. The Hall–Kier alpha value is -1.37. The number of hydrogen-bond acceptors (Lipinski definition) is 3. The van der Waals surface area contributed by atoms with Crippen molar-refractivity contribution in [2.45, 2.75) is 11.8 Å². The zero-order valence-electron chi connectivity index (χ0n) is 11.0. The molecule has 0 fully saturated rings. The summed E-state index contributed by atoms with van der Waals surface area (Å²) in [4.78, 5) is 2.32. The van der Waals surface area contributed by atoms with Gasteiger partial charge in [-0.15, -0.1) is 0 Å². The SMILES string of the molecule is C/C(=N/NS(=O)(=O)c1ccc(Cl)cc1)c1ccc(Br)cc1. The second-order valence-electron chi connectivity index (χ2n) is 4.25. The van der Waals surface area contributed by atoms with E-state index in [9.17, 15) is 8.42 Å². The van der Waals surface area contributed by atoms with Gasteiger partial charge in [0.2, 0.25) is 0 Å². The Balaban J connectivity index is 2.18. The molecule has 0 spiro atoms. The molecule has 110 valence electrons. The minimum absolute atomic E-state index is 0.110. The molecule has 2 aromatic carbocycles. The zero-order chi connectivity index (χ0) is 15.5. The van der Waals surface area contributed by atoms with E-state index in [4.69, 9.17) is 11.6 Å². The van der Waals surface area contributed by atoms with Gasteiger partial charge in [-0.25, -0.2) is 0 Å². The highest BCUT2D eigenvalue weighted by atomic mass is 79.9. The first-order valence-electron chi connectivity index (χ1n) is 5.96. The topological polar surface area (TPSA) is 58.5 Å². The average Bonchev–Trinajstić information content (AvgIpc) is 2.46. The van der Waals surface area contributed by atoms with E-state index < -0.39 is 10.0 Å². The number of hydrogen-bond donors (Lipinski definition) is 1. The Kier molecular flexibility index (Phi) is 5.03. The van der Waals surface area contributed by atoms with E-state index in [-0.39, 0.29) is 4.90 Å². The maximum absolute atomic E-state index is 12.1. The molecule has 0 unspecified atom stereocenters. The Morgan fingerprint density at radius 3 is 2.24 bits per heavy atom. The molecular formula is C14H12BrClN2O2S. The third-order valence-electron chi connectivity index (χ3n) is 2.72. The number of nitrogens with zero attached hydrogens (tertiary/aromatic N) is 1. The molecule has 2 aromatic rings. The van der Waals surface area contributed by atoms with Gasteiger partial charge < -0.3 is 0 Å². The standard InChI is InChI=1S/C14H12BrClN2O2S/c1-10(11-2-4-12(15)5-3-11)17-18-21(19,20)14-8-6-13(16)7-9-14/h2-9,18H,1H3/b17-10-. The number of sulfonamides is 1. The molecule has 0 radical (unpaired) electrons. The molecule has 0 heterocycles. The molecule has 0 aliphatic rings. The van der Waals surface area contributed by atoms with E-state index in [1.54, 1.807) is 6.92 Å². The number of benzene rings is 2. The predicted octanol–water partition coefficient (Wildman–Crippen LogP) is 3.81. The van der Waals surface area contributed by atoms with Crippen LogP contribution in [0.25, 0.3) is 0 Å². The van der Waals surface area contributed by atoms with Crippen molar-refractivity contribution < 1.29 is 8.42 Å². The van der Waals surface area contributed by atoms with Gasteiger partial charge in [0.15, 0.2) is 0 Å². The van der Waals surface area contributed by atoms with Gasteiger partial charge in [0, 0.05) is 9.50 Å². The predicted molar refractivity (Wildman–Crippen MR) is 88.1 cm³/mol. The number of hydrazone groups is 1. The minimum Gasteiger partial charge on any atom is -0.200 e. The largest absolute Gasteiger partial charge is 0.276 e. The van der Waals surface area contributed by atoms with E-state index in [1.807, 2.05) is 24.3 Å². The highest BCUT2D eigenvalue weighted by molar-refractivity contribution is 9.10. The molecule has 0 aliphatic carbocycles. The first kappa shape index (κ1) is 16.0. The molecule has 0 aromatic heterocycles. The smallest absolute Gasteiger partial charge is 0.200 e. The molecule has 2 rings (SSSR count). The van der Waals surface area contributed by atoms with Gasteiger partial charge in [-0.3, -0.25) is 0 Å². The van der Waals surface area contributed by atoms with Crippen LogP contribution in [0.15, 0.2) is 63.0 Å². The fourth-order valence-corrected chi connectivity index (χ4v) is 2.80. The van der Waals surface area contributed by atoms with Crippen LogP contribution in [-0.4, -0.2) is 14.1 Å². The first-order valence-corrected chi connectivity index (χ1v) is 8.61. The summed E-state index contributed by atoms with van der Waals surface area (Å²) in [5, 5.41) is 4.40. The van der Waals surface area contributed by atoms with Gasteiger partial charge in [0.25, 0.3) is 10.0 Å². The van der Waals surface area contributed by atoms with Crippen molar-refractivity contribution in [3.63, 3.8) is 0 Å². The highest BCUT2D eigenvalue weighted by Gasteiger charge is 2.12. The Morgan fingerprint density at radius 2 is 1.67 bits per heavy atom. The average molecular weight is 388 g/mol. The van der Waals surface area contributed by atoms with E-state index in [0.29, 0.717) is 10.7 Å². The molecule has 1 N–H and O–H groups in total. The molecule has 0 aliphatic heterocycles. The Labute approximate surface area is 137 Å². The minimum atomic E-state index is -3.69. The fraction of sp³-hybridized carbons (Fsp3) is 0.0714. The molecule has 7 heteroatoms. The maximum atomic E-state index is 12.1. The van der Waals surface area contributed by atoms with Gasteiger partial charge in [0.05, 0.1) is 10.6 Å². The van der Waals surface area contributed by atoms with Crippen LogP contribution in [0.4, 0.5) is 0 Å². The lowest BCUT2D eigenvalue weighted by Crippen LogP contribution is -2.19. The van der Waals surface area contributed by atoms with Gasteiger partial charge >= 0.3 is 0 Å². The lowest BCUT2D eigenvalue weighted by Gasteiger charge is -2.05. The summed E-state index contributed by atoms with van der Waals surface area (Å²) in [6, 6.07) is 13.3. The first-order chi connectivity index (χ1) is 9.88.